The van der Waals surface area contributed by atoms with Crippen molar-refractivity contribution < 1.29 is 0 Å². The van der Waals surface area contributed by atoms with Crippen LogP contribution in [-0.2, 0) is 10.8 Å². The van der Waals surface area contributed by atoms with Gasteiger partial charge in [-0.15, -0.1) is 0 Å². The highest BCUT2D eigenvalue weighted by molar-refractivity contribution is 5.90. The number of para-hydroxylation sites is 1. The first-order valence-corrected chi connectivity index (χ1v) is 19.4. The summed E-state index contributed by atoms with van der Waals surface area (Å²) in [5.41, 5.74) is 21.5. The van der Waals surface area contributed by atoms with Crippen molar-refractivity contribution in [3.8, 4) is 55.6 Å². The Balaban J connectivity index is 1.02. The van der Waals surface area contributed by atoms with Crippen molar-refractivity contribution in [2.75, 3.05) is 4.90 Å². The molecule has 0 aliphatic heterocycles. The number of benzene rings is 8. The molecule has 264 valence electrons. The van der Waals surface area contributed by atoms with Crippen LogP contribution in [0.3, 0.4) is 0 Å². The van der Waals surface area contributed by atoms with E-state index in [2.05, 4.69) is 221 Å². The second kappa shape index (κ2) is 12.6. The van der Waals surface area contributed by atoms with Crippen LogP contribution in [0.4, 0.5) is 17.1 Å². The van der Waals surface area contributed by atoms with Crippen LogP contribution in [0.5, 0.6) is 0 Å². The molecule has 1 nitrogen and oxygen atoms in total. The average Bonchev–Trinajstić information content (AvgIpc) is 3.60. The van der Waals surface area contributed by atoms with Crippen molar-refractivity contribution in [1.29, 1.82) is 0 Å². The molecule has 0 unspecified atom stereocenters. The summed E-state index contributed by atoms with van der Waals surface area (Å²) in [7, 11) is 0. The molecule has 0 aromatic heterocycles. The molecule has 0 bridgehead atoms. The van der Waals surface area contributed by atoms with Gasteiger partial charge in [-0.05, 0) is 126 Å². The van der Waals surface area contributed by atoms with Crippen LogP contribution in [0.2, 0.25) is 0 Å². The fourth-order valence-electron chi connectivity index (χ4n) is 9.23. The van der Waals surface area contributed by atoms with Gasteiger partial charge in [0.05, 0.1) is 0 Å². The molecule has 8 aromatic rings. The monoisotopic (exact) mass is 705 g/mol. The maximum Gasteiger partial charge on any atom is 0.0465 e. The fourth-order valence-corrected chi connectivity index (χ4v) is 9.23. The van der Waals surface area contributed by atoms with Gasteiger partial charge < -0.3 is 4.90 Å². The number of anilines is 3. The molecule has 10 rings (SSSR count). The van der Waals surface area contributed by atoms with E-state index in [0.717, 1.165) is 5.69 Å². The molecule has 0 radical (unpaired) electrons. The minimum atomic E-state index is -0.166. The molecule has 0 heterocycles. The highest BCUT2D eigenvalue weighted by atomic mass is 15.1. The molecule has 0 N–H and O–H groups in total. The third-order valence-corrected chi connectivity index (χ3v) is 12.3. The quantitative estimate of drug-likeness (QED) is 0.166. The van der Waals surface area contributed by atoms with Gasteiger partial charge in [0.25, 0.3) is 0 Å². The predicted octanol–water partition coefficient (Wildman–Crippen LogP) is 14.8. The lowest BCUT2D eigenvalue weighted by Crippen LogP contribution is -2.18. The molecule has 2 aliphatic carbocycles. The van der Waals surface area contributed by atoms with E-state index in [-0.39, 0.29) is 10.8 Å². The Morgan fingerprint density at radius 3 is 1.02 bits per heavy atom. The molecule has 0 spiro atoms. The lowest BCUT2D eigenvalue weighted by molar-refractivity contribution is 0.660. The summed E-state index contributed by atoms with van der Waals surface area (Å²) in [6, 6.07) is 69.4. The van der Waals surface area contributed by atoms with Gasteiger partial charge in [-0.3, -0.25) is 0 Å². The summed E-state index contributed by atoms with van der Waals surface area (Å²) in [5, 5.41) is 0. The molecule has 0 amide bonds. The Hall–Kier alpha value is -6.44. The second-order valence-corrected chi connectivity index (χ2v) is 16.2. The van der Waals surface area contributed by atoms with Crippen LogP contribution < -0.4 is 4.90 Å². The third-order valence-electron chi connectivity index (χ3n) is 12.3. The summed E-state index contributed by atoms with van der Waals surface area (Å²) in [6.45, 7) is 9.53. The highest BCUT2D eigenvalue weighted by Gasteiger charge is 2.38. The van der Waals surface area contributed by atoms with E-state index in [1.54, 1.807) is 0 Å². The topological polar surface area (TPSA) is 3.24 Å². The molecule has 55 heavy (non-hydrogen) atoms. The van der Waals surface area contributed by atoms with Gasteiger partial charge in [-0.25, -0.2) is 0 Å². The third kappa shape index (κ3) is 5.37. The largest absolute Gasteiger partial charge is 0.310 e. The predicted molar refractivity (Wildman–Crippen MR) is 233 cm³/mol. The molecule has 0 atom stereocenters. The van der Waals surface area contributed by atoms with E-state index in [4.69, 9.17) is 0 Å². The number of fused-ring (bicyclic) bond motifs is 6. The first-order chi connectivity index (χ1) is 26.8. The minimum Gasteiger partial charge on any atom is -0.310 e. The smallest absolute Gasteiger partial charge is 0.0465 e. The van der Waals surface area contributed by atoms with E-state index >= 15 is 0 Å². The molecule has 2 aliphatic rings. The van der Waals surface area contributed by atoms with Crippen molar-refractivity contribution in [3.63, 3.8) is 0 Å². The van der Waals surface area contributed by atoms with E-state index in [1.165, 1.54) is 89.3 Å². The van der Waals surface area contributed by atoms with Crippen molar-refractivity contribution in [2.45, 2.75) is 38.5 Å². The van der Waals surface area contributed by atoms with Crippen molar-refractivity contribution in [2.24, 2.45) is 0 Å². The Labute approximate surface area is 325 Å². The average molecular weight is 706 g/mol. The van der Waals surface area contributed by atoms with Gasteiger partial charge in [0.15, 0.2) is 0 Å². The molecule has 0 fully saturated rings. The van der Waals surface area contributed by atoms with Gasteiger partial charge >= 0.3 is 0 Å². The highest BCUT2D eigenvalue weighted by Crippen LogP contribution is 2.54. The normalized spacial score (nSPS) is 14.1. The fraction of sp³-hybridized carbons (Fsp3) is 0.111. The summed E-state index contributed by atoms with van der Waals surface area (Å²) in [4.78, 5) is 2.44. The van der Waals surface area contributed by atoms with Crippen LogP contribution in [0.25, 0.3) is 55.6 Å². The van der Waals surface area contributed by atoms with Gasteiger partial charge in [0, 0.05) is 27.9 Å². The summed E-state index contributed by atoms with van der Waals surface area (Å²) in [5.74, 6) is 0. The maximum atomic E-state index is 2.44. The molecule has 0 saturated heterocycles. The molecular weight excluding hydrogens is 663 g/mol. The summed E-state index contributed by atoms with van der Waals surface area (Å²) in [6.07, 6.45) is 0. The lowest BCUT2D eigenvalue weighted by Gasteiger charge is -2.29. The Bertz CT molecular complexity index is 2720. The van der Waals surface area contributed by atoms with Gasteiger partial charge in [0.2, 0.25) is 0 Å². The van der Waals surface area contributed by atoms with E-state index in [0.29, 0.717) is 0 Å². The van der Waals surface area contributed by atoms with Gasteiger partial charge in [-0.2, -0.15) is 0 Å². The number of rotatable bonds is 6. The Kier molecular flexibility index (Phi) is 7.58. The van der Waals surface area contributed by atoms with Gasteiger partial charge in [-0.1, -0.05) is 167 Å². The minimum absolute atomic E-state index is 0.144. The second-order valence-electron chi connectivity index (χ2n) is 16.2. The van der Waals surface area contributed by atoms with Crippen molar-refractivity contribution >= 4 is 17.1 Å². The van der Waals surface area contributed by atoms with Crippen molar-refractivity contribution in [1.82, 2.24) is 0 Å². The van der Waals surface area contributed by atoms with E-state index < -0.39 is 0 Å². The van der Waals surface area contributed by atoms with E-state index in [1.807, 2.05) is 0 Å². The number of nitrogens with zero attached hydrogens (tertiary/aromatic N) is 1. The standard InChI is InChI=1S/C54H43N/c1-53(2)49-32-40(37-16-10-6-11-17-37)24-28-45(49)47-30-26-43(34-51(47)53)55(42-18-12-7-13-19-42)44-27-31-48-46-29-25-41(33-50(46)54(3,4)52(48)35-44)39-22-20-38(21-23-39)36-14-8-5-9-15-36/h5-35H,1-4H3. The molecule has 8 aromatic carbocycles. The number of hydrogen-bond donors (Lipinski definition) is 0. The summed E-state index contributed by atoms with van der Waals surface area (Å²) < 4.78 is 0. The van der Waals surface area contributed by atoms with Crippen LogP contribution in [-0.4, -0.2) is 0 Å². The lowest BCUT2D eigenvalue weighted by atomic mass is 9.81. The zero-order chi connectivity index (χ0) is 37.3. The van der Waals surface area contributed by atoms with Crippen LogP contribution in [0, 0.1) is 0 Å². The first kappa shape index (κ1) is 33.2. The van der Waals surface area contributed by atoms with Crippen molar-refractivity contribution in [3.05, 3.63) is 210 Å². The zero-order valence-electron chi connectivity index (χ0n) is 31.8. The maximum absolute atomic E-state index is 2.44. The zero-order valence-corrected chi connectivity index (χ0v) is 31.8. The number of hydrogen-bond acceptors (Lipinski definition) is 1. The van der Waals surface area contributed by atoms with Crippen LogP contribution in [0.1, 0.15) is 49.9 Å². The van der Waals surface area contributed by atoms with E-state index in [9.17, 15) is 0 Å². The molecular formula is C54H43N. The van der Waals surface area contributed by atoms with Gasteiger partial charge in [0.1, 0.15) is 0 Å². The van der Waals surface area contributed by atoms with Crippen LogP contribution >= 0.6 is 0 Å². The Morgan fingerprint density at radius 2 is 0.582 bits per heavy atom. The SMILES string of the molecule is CC1(C)c2cc(-c3ccccc3)ccc2-c2ccc(N(c3ccccc3)c3ccc4c(c3)C(C)(C)c3cc(-c5ccc(-c6ccccc6)cc5)ccc3-4)cc21. The molecule has 1 heteroatoms. The Morgan fingerprint density at radius 1 is 0.273 bits per heavy atom. The first-order valence-electron chi connectivity index (χ1n) is 19.4. The summed E-state index contributed by atoms with van der Waals surface area (Å²) >= 11 is 0. The molecule has 0 saturated carbocycles. The van der Waals surface area contributed by atoms with Crippen LogP contribution in [0.15, 0.2) is 188 Å².